The Kier molecular flexibility index (Phi) is 3.47. The second-order valence-electron chi connectivity index (χ2n) is 6.33. The molecule has 0 spiro atoms. The van der Waals surface area contributed by atoms with Crippen LogP contribution in [-0.2, 0) is 4.74 Å². The molecule has 0 bridgehead atoms. The number of hydrogen-bond acceptors (Lipinski definition) is 2. The lowest BCUT2D eigenvalue weighted by molar-refractivity contribution is 0.0204. The lowest BCUT2D eigenvalue weighted by Gasteiger charge is -2.50. The van der Waals surface area contributed by atoms with Gasteiger partial charge in [0, 0.05) is 5.41 Å². The van der Waals surface area contributed by atoms with Gasteiger partial charge in [-0.2, -0.15) is 0 Å². The molecule has 1 saturated carbocycles. The van der Waals surface area contributed by atoms with Crippen LogP contribution in [0.15, 0.2) is 0 Å². The molecule has 0 atom stereocenters. The second kappa shape index (κ2) is 4.25. The van der Waals surface area contributed by atoms with Crippen molar-refractivity contribution in [2.75, 3.05) is 0 Å². The standard InChI is InChI=1S/C14H23NO2/c1-7-13(5,6)14(9-8-10-14)15-11(16)17-12(2,3)4/h1H,8-10H2,2-6H3,(H,15,16). The highest BCUT2D eigenvalue weighted by molar-refractivity contribution is 5.69. The van der Waals surface area contributed by atoms with E-state index in [1.807, 2.05) is 34.6 Å². The van der Waals surface area contributed by atoms with Gasteiger partial charge in [0.2, 0.25) is 0 Å². The van der Waals surface area contributed by atoms with Gasteiger partial charge in [0.1, 0.15) is 5.60 Å². The Hall–Kier alpha value is -1.17. The molecule has 0 aromatic carbocycles. The predicted molar refractivity (Wildman–Crippen MR) is 68.6 cm³/mol. The van der Waals surface area contributed by atoms with Gasteiger partial charge in [-0.05, 0) is 53.9 Å². The molecular formula is C14H23NO2. The van der Waals surface area contributed by atoms with Gasteiger partial charge in [-0.1, -0.05) is 5.92 Å². The van der Waals surface area contributed by atoms with Crippen LogP contribution in [0.25, 0.3) is 0 Å². The average molecular weight is 237 g/mol. The fourth-order valence-corrected chi connectivity index (χ4v) is 2.07. The van der Waals surface area contributed by atoms with Crippen molar-refractivity contribution in [1.29, 1.82) is 0 Å². The van der Waals surface area contributed by atoms with Crippen LogP contribution in [0, 0.1) is 17.8 Å². The van der Waals surface area contributed by atoms with Crippen LogP contribution in [0.4, 0.5) is 4.79 Å². The zero-order valence-corrected chi connectivity index (χ0v) is 11.5. The zero-order valence-electron chi connectivity index (χ0n) is 11.5. The molecule has 0 aromatic heterocycles. The van der Waals surface area contributed by atoms with E-state index in [1.165, 1.54) is 0 Å². The third-order valence-electron chi connectivity index (χ3n) is 3.50. The number of rotatable bonds is 2. The molecule has 1 N–H and O–H groups in total. The maximum atomic E-state index is 11.8. The summed E-state index contributed by atoms with van der Waals surface area (Å²) in [6.07, 6.45) is 8.13. The first kappa shape index (κ1) is 13.9. The molecule has 1 rings (SSSR count). The first-order valence-electron chi connectivity index (χ1n) is 6.11. The predicted octanol–water partition coefficient (Wildman–Crippen LogP) is 3.09. The summed E-state index contributed by atoms with van der Waals surface area (Å²) < 4.78 is 5.29. The van der Waals surface area contributed by atoms with Crippen LogP contribution in [0.2, 0.25) is 0 Å². The van der Waals surface area contributed by atoms with Gasteiger partial charge in [0.25, 0.3) is 0 Å². The Morgan fingerprint density at radius 3 is 2.12 bits per heavy atom. The maximum absolute atomic E-state index is 11.8. The van der Waals surface area contributed by atoms with Crippen molar-refractivity contribution >= 4 is 6.09 Å². The van der Waals surface area contributed by atoms with Gasteiger partial charge in [0.05, 0.1) is 5.54 Å². The van der Waals surface area contributed by atoms with Gasteiger partial charge >= 0.3 is 6.09 Å². The molecular weight excluding hydrogens is 214 g/mol. The Labute approximate surface area is 104 Å². The topological polar surface area (TPSA) is 38.3 Å². The number of amides is 1. The Morgan fingerprint density at radius 2 is 1.82 bits per heavy atom. The fourth-order valence-electron chi connectivity index (χ4n) is 2.07. The molecule has 17 heavy (non-hydrogen) atoms. The lowest BCUT2D eigenvalue weighted by Crippen LogP contribution is -2.62. The Balaban J connectivity index is 2.72. The largest absolute Gasteiger partial charge is 0.444 e. The quantitative estimate of drug-likeness (QED) is 0.749. The highest BCUT2D eigenvalue weighted by Gasteiger charge is 2.50. The molecule has 96 valence electrons. The summed E-state index contributed by atoms with van der Waals surface area (Å²) in [6.45, 7) is 9.54. The average Bonchev–Trinajstić information content (AvgIpc) is 2.08. The summed E-state index contributed by atoms with van der Waals surface area (Å²) in [5, 5.41) is 2.97. The number of terminal acetylenes is 1. The molecule has 1 amide bonds. The van der Waals surface area contributed by atoms with Crippen LogP contribution in [0.1, 0.15) is 53.9 Å². The van der Waals surface area contributed by atoms with E-state index in [-0.39, 0.29) is 17.0 Å². The monoisotopic (exact) mass is 237 g/mol. The van der Waals surface area contributed by atoms with Crippen LogP contribution >= 0.6 is 0 Å². The number of carbonyl (C=O) groups is 1. The van der Waals surface area contributed by atoms with Gasteiger partial charge in [0.15, 0.2) is 0 Å². The van der Waals surface area contributed by atoms with Gasteiger partial charge < -0.3 is 10.1 Å². The molecule has 0 aromatic rings. The van der Waals surface area contributed by atoms with Crippen molar-refractivity contribution in [2.45, 2.75) is 65.0 Å². The van der Waals surface area contributed by atoms with Crippen LogP contribution in [0.5, 0.6) is 0 Å². The van der Waals surface area contributed by atoms with Crippen molar-refractivity contribution in [1.82, 2.24) is 5.32 Å². The second-order valence-corrected chi connectivity index (χ2v) is 6.33. The SMILES string of the molecule is C#CC(C)(C)C1(NC(=O)OC(C)(C)C)CCC1. The Bertz CT molecular complexity index is 340. The number of ether oxygens (including phenoxy) is 1. The number of hydrogen-bond donors (Lipinski definition) is 1. The van der Waals surface area contributed by atoms with E-state index in [0.29, 0.717) is 0 Å². The van der Waals surface area contributed by atoms with Gasteiger partial charge in [-0.25, -0.2) is 4.79 Å². The smallest absolute Gasteiger partial charge is 0.408 e. The summed E-state index contributed by atoms with van der Waals surface area (Å²) in [4.78, 5) is 11.8. The molecule has 0 saturated heterocycles. The zero-order chi connectivity index (χ0) is 13.3. The Morgan fingerprint density at radius 1 is 1.29 bits per heavy atom. The first-order valence-corrected chi connectivity index (χ1v) is 6.11. The van der Waals surface area contributed by atoms with Gasteiger partial charge in [-0.3, -0.25) is 0 Å². The van der Waals surface area contributed by atoms with E-state index < -0.39 is 5.60 Å². The van der Waals surface area contributed by atoms with E-state index in [9.17, 15) is 4.79 Å². The molecule has 0 unspecified atom stereocenters. The third kappa shape index (κ3) is 2.94. The summed E-state index contributed by atoms with van der Waals surface area (Å²) in [5.41, 5.74) is -1.12. The molecule has 0 aliphatic heterocycles. The number of carbonyl (C=O) groups excluding carboxylic acids is 1. The highest BCUT2D eigenvalue weighted by atomic mass is 16.6. The molecule has 3 heteroatoms. The minimum Gasteiger partial charge on any atom is -0.444 e. The fraction of sp³-hybridized carbons (Fsp3) is 0.786. The van der Waals surface area contributed by atoms with Crippen molar-refractivity contribution in [3.05, 3.63) is 0 Å². The minimum absolute atomic E-state index is 0.302. The first-order chi connectivity index (χ1) is 7.62. The third-order valence-corrected chi connectivity index (χ3v) is 3.50. The van der Waals surface area contributed by atoms with E-state index >= 15 is 0 Å². The van der Waals surface area contributed by atoms with E-state index in [1.54, 1.807) is 0 Å². The van der Waals surface area contributed by atoms with Crippen molar-refractivity contribution in [3.8, 4) is 12.3 Å². The summed E-state index contributed by atoms with van der Waals surface area (Å²) in [5.74, 6) is 2.78. The van der Waals surface area contributed by atoms with Crippen LogP contribution < -0.4 is 5.32 Å². The van der Waals surface area contributed by atoms with Crippen molar-refractivity contribution < 1.29 is 9.53 Å². The number of nitrogens with one attached hydrogen (secondary N) is 1. The van der Waals surface area contributed by atoms with E-state index in [2.05, 4.69) is 11.2 Å². The molecule has 1 aliphatic rings. The van der Waals surface area contributed by atoms with Crippen LogP contribution in [0.3, 0.4) is 0 Å². The molecule has 0 heterocycles. The van der Waals surface area contributed by atoms with Crippen LogP contribution in [-0.4, -0.2) is 17.2 Å². The molecule has 1 fully saturated rings. The van der Waals surface area contributed by atoms with Gasteiger partial charge in [-0.15, -0.1) is 6.42 Å². The summed E-state index contributed by atoms with van der Waals surface area (Å²) in [7, 11) is 0. The lowest BCUT2D eigenvalue weighted by atomic mass is 9.61. The van der Waals surface area contributed by atoms with Crippen molar-refractivity contribution in [3.63, 3.8) is 0 Å². The maximum Gasteiger partial charge on any atom is 0.408 e. The number of alkyl carbamates (subject to hydrolysis) is 1. The van der Waals surface area contributed by atoms with E-state index in [0.717, 1.165) is 19.3 Å². The molecule has 0 radical (unpaired) electrons. The normalized spacial score (nSPS) is 18.8. The van der Waals surface area contributed by atoms with E-state index in [4.69, 9.17) is 11.2 Å². The van der Waals surface area contributed by atoms with Crippen molar-refractivity contribution in [2.24, 2.45) is 5.41 Å². The molecule has 1 aliphatic carbocycles. The summed E-state index contributed by atoms with van der Waals surface area (Å²) >= 11 is 0. The minimum atomic E-state index is -0.477. The summed E-state index contributed by atoms with van der Waals surface area (Å²) in [6, 6.07) is 0. The highest BCUT2D eigenvalue weighted by Crippen LogP contribution is 2.45. The molecule has 3 nitrogen and oxygen atoms in total.